The lowest BCUT2D eigenvalue weighted by atomic mass is 9.92. The number of aliphatic hydroxyl groups is 1. The van der Waals surface area contributed by atoms with E-state index in [1.807, 2.05) is 0 Å². The number of benzene rings is 1. The third-order valence-corrected chi connectivity index (χ3v) is 3.75. The van der Waals surface area contributed by atoms with E-state index in [0.717, 1.165) is 18.6 Å². The van der Waals surface area contributed by atoms with Crippen molar-refractivity contribution in [3.05, 3.63) is 29.3 Å². The summed E-state index contributed by atoms with van der Waals surface area (Å²) in [7, 11) is 0. The first-order chi connectivity index (χ1) is 7.81. The fraction of sp³-hybridized carbons (Fsp3) is 0.571. The van der Waals surface area contributed by atoms with Gasteiger partial charge in [-0.05, 0) is 61.8 Å². The van der Waals surface area contributed by atoms with E-state index in [0.29, 0.717) is 0 Å². The molecule has 1 aromatic rings. The number of aryl methyl sites for hydroxylation is 2. The van der Waals surface area contributed by atoms with Gasteiger partial charge in [-0.3, -0.25) is 0 Å². The minimum atomic E-state index is -0.247. The van der Waals surface area contributed by atoms with Crippen molar-refractivity contribution in [3.8, 4) is 5.75 Å². The Labute approximate surface area is 96.2 Å². The summed E-state index contributed by atoms with van der Waals surface area (Å²) in [6, 6.07) is 6.42. The smallest absolute Gasteiger partial charge is 0.132 e. The molecule has 0 spiro atoms. The summed E-state index contributed by atoms with van der Waals surface area (Å²) < 4.78 is 5.88. The van der Waals surface area contributed by atoms with Crippen LogP contribution in [0.5, 0.6) is 5.75 Å². The van der Waals surface area contributed by atoms with Crippen LogP contribution in [0.4, 0.5) is 0 Å². The summed E-state index contributed by atoms with van der Waals surface area (Å²) in [5, 5.41) is 9.23. The molecule has 0 saturated heterocycles. The van der Waals surface area contributed by atoms with E-state index in [1.165, 1.54) is 36.8 Å². The molecule has 0 amide bonds. The van der Waals surface area contributed by atoms with Gasteiger partial charge in [-0.1, -0.05) is 6.07 Å². The van der Waals surface area contributed by atoms with E-state index >= 15 is 0 Å². The second kappa shape index (κ2) is 3.77. The van der Waals surface area contributed by atoms with Crippen molar-refractivity contribution < 1.29 is 9.84 Å². The molecule has 0 aromatic heterocycles. The molecular formula is C14H18O2. The van der Waals surface area contributed by atoms with Gasteiger partial charge >= 0.3 is 0 Å². The Morgan fingerprint density at radius 1 is 1.12 bits per heavy atom. The van der Waals surface area contributed by atoms with Gasteiger partial charge < -0.3 is 9.84 Å². The molecule has 16 heavy (non-hydrogen) atoms. The average molecular weight is 218 g/mol. The van der Waals surface area contributed by atoms with Gasteiger partial charge in [0.05, 0.1) is 6.61 Å². The molecule has 0 radical (unpaired) electrons. The van der Waals surface area contributed by atoms with Crippen molar-refractivity contribution in [3.63, 3.8) is 0 Å². The van der Waals surface area contributed by atoms with E-state index in [2.05, 4.69) is 18.2 Å². The van der Waals surface area contributed by atoms with Gasteiger partial charge in [0.25, 0.3) is 0 Å². The van der Waals surface area contributed by atoms with E-state index < -0.39 is 0 Å². The lowest BCUT2D eigenvalue weighted by Gasteiger charge is -2.19. The molecule has 0 aliphatic heterocycles. The zero-order valence-corrected chi connectivity index (χ0v) is 9.54. The molecule has 1 saturated carbocycles. The monoisotopic (exact) mass is 218 g/mol. The highest BCUT2D eigenvalue weighted by Gasteiger charge is 2.45. The number of rotatable bonds is 3. The molecule has 1 N–H and O–H groups in total. The predicted octanol–water partition coefficient (Wildman–Crippen LogP) is 2.47. The number of hydrogen-bond acceptors (Lipinski definition) is 2. The molecule has 0 unspecified atom stereocenters. The number of hydrogen-bond donors (Lipinski definition) is 1. The number of ether oxygens (including phenoxy) is 1. The zero-order valence-electron chi connectivity index (χ0n) is 9.54. The minimum absolute atomic E-state index is 0.143. The molecule has 0 bridgehead atoms. The van der Waals surface area contributed by atoms with Gasteiger partial charge in [-0.2, -0.15) is 0 Å². The van der Waals surface area contributed by atoms with Crippen LogP contribution in [0.1, 0.15) is 36.8 Å². The molecule has 2 aliphatic carbocycles. The van der Waals surface area contributed by atoms with Crippen LogP contribution < -0.4 is 4.74 Å². The lowest BCUT2D eigenvalue weighted by Crippen LogP contribution is -2.22. The Hall–Kier alpha value is -1.02. The largest absolute Gasteiger partial charge is 0.485 e. The van der Waals surface area contributed by atoms with Crippen LogP contribution in [0.15, 0.2) is 18.2 Å². The van der Waals surface area contributed by atoms with Crippen LogP contribution in [-0.4, -0.2) is 17.3 Å². The molecule has 0 atom stereocenters. The molecule has 1 fully saturated rings. The lowest BCUT2D eigenvalue weighted by molar-refractivity contribution is 0.0952. The Morgan fingerprint density at radius 3 is 2.56 bits per heavy atom. The van der Waals surface area contributed by atoms with Crippen molar-refractivity contribution in [1.82, 2.24) is 0 Å². The van der Waals surface area contributed by atoms with Gasteiger partial charge in [0.2, 0.25) is 0 Å². The Balaban J connectivity index is 1.80. The average Bonchev–Trinajstić information content (AvgIpc) is 3.09. The van der Waals surface area contributed by atoms with Gasteiger partial charge in [0, 0.05) is 0 Å². The predicted molar refractivity (Wildman–Crippen MR) is 62.8 cm³/mol. The maximum atomic E-state index is 9.23. The molecule has 0 heterocycles. The van der Waals surface area contributed by atoms with E-state index in [1.54, 1.807) is 0 Å². The molecular weight excluding hydrogens is 200 g/mol. The highest BCUT2D eigenvalue weighted by atomic mass is 16.5. The molecule has 86 valence electrons. The highest BCUT2D eigenvalue weighted by Crippen LogP contribution is 2.40. The maximum absolute atomic E-state index is 9.23. The van der Waals surface area contributed by atoms with Crippen molar-refractivity contribution in [2.24, 2.45) is 0 Å². The zero-order chi connectivity index (χ0) is 11.0. The van der Waals surface area contributed by atoms with Crippen molar-refractivity contribution in [2.45, 2.75) is 44.1 Å². The fourth-order valence-corrected chi connectivity index (χ4v) is 2.46. The normalized spacial score (nSPS) is 21.3. The van der Waals surface area contributed by atoms with Gasteiger partial charge in [-0.15, -0.1) is 0 Å². The SMILES string of the molecule is OCC1(Oc2ccc3c(c2)CCCC3)CC1. The Bertz CT molecular complexity index is 394. The molecule has 3 rings (SSSR count). The summed E-state index contributed by atoms with van der Waals surface area (Å²) in [6.07, 6.45) is 6.97. The second-order valence-corrected chi connectivity index (χ2v) is 5.08. The minimum Gasteiger partial charge on any atom is -0.485 e. The second-order valence-electron chi connectivity index (χ2n) is 5.08. The van der Waals surface area contributed by atoms with Crippen molar-refractivity contribution >= 4 is 0 Å². The third-order valence-electron chi connectivity index (χ3n) is 3.75. The molecule has 2 nitrogen and oxygen atoms in total. The van der Waals surface area contributed by atoms with Gasteiger partial charge in [0.1, 0.15) is 11.4 Å². The van der Waals surface area contributed by atoms with Crippen LogP contribution in [0.25, 0.3) is 0 Å². The maximum Gasteiger partial charge on any atom is 0.132 e. The van der Waals surface area contributed by atoms with Gasteiger partial charge in [0.15, 0.2) is 0 Å². The Morgan fingerprint density at radius 2 is 1.88 bits per heavy atom. The van der Waals surface area contributed by atoms with Crippen LogP contribution in [-0.2, 0) is 12.8 Å². The Kier molecular flexibility index (Phi) is 2.40. The highest BCUT2D eigenvalue weighted by molar-refractivity contribution is 5.37. The molecule has 1 aromatic carbocycles. The standard InChI is InChI=1S/C14H18O2/c15-10-14(7-8-14)16-13-6-5-11-3-1-2-4-12(11)9-13/h5-6,9,15H,1-4,7-8,10H2. The fourth-order valence-electron chi connectivity index (χ4n) is 2.46. The first kappa shape index (κ1) is 10.2. The van der Waals surface area contributed by atoms with Crippen molar-refractivity contribution in [1.29, 1.82) is 0 Å². The van der Waals surface area contributed by atoms with Crippen LogP contribution in [0.2, 0.25) is 0 Å². The van der Waals surface area contributed by atoms with E-state index in [9.17, 15) is 5.11 Å². The van der Waals surface area contributed by atoms with Crippen LogP contribution >= 0.6 is 0 Å². The third kappa shape index (κ3) is 1.82. The van der Waals surface area contributed by atoms with Gasteiger partial charge in [-0.25, -0.2) is 0 Å². The molecule has 2 heteroatoms. The van der Waals surface area contributed by atoms with Crippen LogP contribution in [0, 0.1) is 0 Å². The molecule has 2 aliphatic rings. The van der Waals surface area contributed by atoms with E-state index in [4.69, 9.17) is 4.74 Å². The van der Waals surface area contributed by atoms with Crippen molar-refractivity contribution in [2.75, 3.05) is 6.61 Å². The summed E-state index contributed by atoms with van der Waals surface area (Å²) >= 11 is 0. The first-order valence-electron chi connectivity index (χ1n) is 6.23. The summed E-state index contributed by atoms with van der Waals surface area (Å²) in [4.78, 5) is 0. The topological polar surface area (TPSA) is 29.5 Å². The summed E-state index contributed by atoms with van der Waals surface area (Å²) in [6.45, 7) is 0.143. The summed E-state index contributed by atoms with van der Waals surface area (Å²) in [5.41, 5.74) is 2.67. The number of aliphatic hydroxyl groups excluding tert-OH is 1. The first-order valence-corrected chi connectivity index (χ1v) is 6.23. The van der Waals surface area contributed by atoms with Crippen LogP contribution in [0.3, 0.4) is 0 Å². The quantitative estimate of drug-likeness (QED) is 0.844. The number of fused-ring (bicyclic) bond motifs is 1. The summed E-state index contributed by atoms with van der Waals surface area (Å²) in [5.74, 6) is 0.937. The van der Waals surface area contributed by atoms with E-state index in [-0.39, 0.29) is 12.2 Å².